The molecule has 0 aliphatic rings. The predicted molar refractivity (Wildman–Crippen MR) is 63.0 cm³/mol. The van der Waals surface area contributed by atoms with Crippen LogP contribution in [0.3, 0.4) is 0 Å². The number of Topliss-reactive ketones (excluding diaryl/α,β-unsaturated/α-hetero) is 1. The minimum atomic E-state index is -0.628. The molecule has 1 amide bonds. The summed E-state index contributed by atoms with van der Waals surface area (Å²) >= 11 is 0. The lowest BCUT2D eigenvalue weighted by Crippen LogP contribution is -2.30. The normalized spacial score (nSPS) is 10.2. The molecule has 0 heterocycles. The zero-order valence-electron chi connectivity index (χ0n) is 10.4. The lowest BCUT2D eigenvalue weighted by molar-refractivity contribution is -0.133. The molecule has 0 bridgehead atoms. The maximum absolute atomic E-state index is 13.3. The monoisotopic (exact) mass is 255 g/mol. The number of hydrogen-bond acceptors (Lipinski definition) is 2. The first-order chi connectivity index (χ1) is 8.40. The molecule has 3 nitrogen and oxygen atoms in total. The fourth-order valence-electron chi connectivity index (χ4n) is 1.49. The molecular weight excluding hydrogens is 240 g/mol. The van der Waals surface area contributed by atoms with Crippen LogP contribution < -0.4 is 0 Å². The third-order valence-electron chi connectivity index (χ3n) is 2.56. The quantitative estimate of drug-likeness (QED) is 0.754. The maximum atomic E-state index is 13.3. The summed E-state index contributed by atoms with van der Waals surface area (Å²) in [6.07, 6.45) is 0.134. The Labute approximate surface area is 104 Å². The third kappa shape index (κ3) is 4.24. The molecule has 0 radical (unpaired) electrons. The van der Waals surface area contributed by atoms with Crippen LogP contribution in [0.4, 0.5) is 8.78 Å². The Morgan fingerprint density at radius 3 is 2.50 bits per heavy atom. The van der Waals surface area contributed by atoms with Gasteiger partial charge in [-0.2, -0.15) is 0 Å². The van der Waals surface area contributed by atoms with Gasteiger partial charge < -0.3 is 4.90 Å². The molecule has 98 valence electrons. The molecule has 1 aromatic rings. The molecule has 0 saturated heterocycles. The highest BCUT2D eigenvalue weighted by molar-refractivity contribution is 5.96. The number of halogens is 2. The average Bonchev–Trinajstić information content (AvgIpc) is 2.26. The number of nitrogens with zero attached hydrogens (tertiary/aromatic N) is 1. The Morgan fingerprint density at radius 1 is 1.28 bits per heavy atom. The molecular formula is C13H15F2NO2. The van der Waals surface area contributed by atoms with Crippen LogP contribution >= 0.6 is 0 Å². The predicted octanol–water partition coefficient (Wildman–Crippen LogP) is 1.94. The first-order valence-corrected chi connectivity index (χ1v) is 5.57. The average molecular weight is 255 g/mol. The van der Waals surface area contributed by atoms with Crippen LogP contribution in [0.5, 0.6) is 0 Å². The fourth-order valence-corrected chi connectivity index (χ4v) is 1.49. The van der Waals surface area contributed by atoms with Crippen molar-refractivity contribution in [3.63, 3.8) is 0 Å². The van der Waals surface area contributed by atoms with Gasteiger partial charge in [-0.25, -0.2) is 8.78 Å². The first kappa shape index (κ1) is 14.3. The van der Waals surface area contributed by atoms with E-state index in [0.29, 0.717) is 5.56 Å². The second kappa shape index (κ2) is 6.23. The van der Waals surface area contributed by atoms with Crippen molar-refractivity contribution in [3.8, 4) is 0 Å². The van der Waals surface area contributed by atoms with Gasteiger partial charge in [-0.15, -0.1) is 0 Å². The maximum Gasteiger partial charge on any atom is 0.229 e. The summed E-state index contributed by atoms with van der Waals surface area (Å²) in [7, 11) is 1.55. The molecule has 18 heavy (non-hydrogen) atoms. The smallest absolute Gasteiger partial charge is 0.229 e. The van der Waals surface area contributed by atoms with Gasteiger partial charge in [-0.05, 0) is 25.0 Å². The number of hydrogen-bond donors (Lipinski definition) is 0. The minimum absolute atomic E-state index is 0.150. The standard InChI is InChI=1S/C13H15F2NO2/c1-9(17)7-13(18)16(2)6-5-10-3-4-11(14)8-12(10)15/h3-4,8H,5-7H2,1-2H3. The minimum Gasteiger partial charge on any atom is -0.345 e. The Hall–Kier alpha value is -1.78. The van der Waals surface area contributed by atoms with Gasteiger partial charge in [-0.3, -0.25) is 9.59 Å². The van der Waals surface area contributed by atoms with Crippen LogP contribution in [0.2, 0.25) is 0 Å². The SMILES string of the molecule is CC(=O)CC(=O)N(C)CCc1ccc(F)cc1F. The summed E-state index contributed by atoms with van der Waals surface area (Å²) in [5.74, 6) is -1.76. The number of benzene rings is 1. The van der Waals surface area contributed by atoms with Crippen LogP contribution in [-0.4, -0.2) is 30.2 Å². The first-order valence-electron chi connectivity index (χ1n) is 5.57. The highest BCUT2D eigenvalue weighted by Gasteiger charge is 2.12. The van der Waals surface area contributed by atoms with Crippen LogP contribution in [0, 0.1) is 11.6 Å². The Balaban J connectivity index is 2.54. The van der Waals surface area contributed by atoms with E-state index in [9.17, 15) is 18.4 Å². The van der Waals surface area contributed by atoms with E-state index in [0.717, 1.165) is 6.07 Å². The molecule has 0 saturated carbocycles. The van der Waals surface area contributed by atoms with E-state index in [1.807, 2.05) is 0 Å². The number of amides is 1. The van der Waals surface area contributed by atoms with Gasteiger partial charge in [0.25, 0.3) is 0 Å². The molecule has 0 aliphatic carbocycles. The highest BCUT2D eigenvalue weighted by atomic mass is 19.1. The van der Waals surface area contributed by atoms with Crippen LogP contribution in [0.25, 0.3) is 0 Å². The van der Waals surface area contributed by atoms with E-state index in [4.69, 9.17) is 0 Å². The van der Waals surface area contributed by atoms with Gasteiger partial charge in [0.15, 0.2) is 0 Å². The zero-order chi connectivity index (χ0) is 13.7. The van der Waals surface area contributed by atoms with Crippen molar-refractivity contribution in [3.05, 3.63) is 35.4 Å². The molecule has 1 aromatic carbocycles. The van der Waals surface area contributed by atoms with Crippen LogP contribution in [0.1, 0.15) is 18.9 Å². The molecule has 0 spiro atoms. The van der Waals surface area contributed by atoms with Crippen LogP contribution in [0.15, 0.2) is 18.2 Å². The van der Waals surface area contributed by atoms with E-state index in [1.54, 1.807) is 7.05 Å². The largest absolute Gasteiger partial charge is 0.345 e. The Kier molecular flexibility index (Phi) is 4.95. The number of rotatable bonds is 5. The number of carbonyl (C=O) groups is 2. The number of likely N-dealkylation sites (N-methyl/N-ethyl adjacent to an activating group) is 1. The summed E-state index contributed by atoms with van der Waals surface area (Å²) < 4.78 is 26.0. The third-order valence-corrected chi connectivity index (χ3v) is 2.56. The van der Waals surface area contributed by atoms with Crippen molar-refractivity contribution in [2.45, 2.75) is 19.8 Å². The fraction of sp³-hybridized carbons (Fsp3) is 0.385. The van der Waals surface area contributed by atoms with Gasteiger partial charge >= 0.3 is 0 Å². The molecule has 0 fully saturated rings. The van der Waals surface area contributed by atoms with Crippen molar-refractivity contribution in [2.75, 3.05) is 13.6 Å². The lowest BCUT2D eigenvalue weighted by Gasteiger charge is -2.16. The van der Waals surface area contributed by atoms with Gasteiger partial charge in [0.05, 0.1) is 6.42 Å². The molecule has 5 heteroatoms. The van der Waals surface area contributed by atoms with Crippen molar-refractivity contribution >= 4 is 11.7 Å². The molecule has 0 aliphatic heterocycles. The van der Waals surface area contributed by atoms with E-state index in [-0.39, 0.29) is 31.1 Å². The van der Waals surface area contributed by atoms with E-state index < -0.39 is 11.6 Å². The zero-order valence-corrected chi connectivity index (χ0v) is 10.4. The summed E-state index contributed by atoms with van der Waals surface area (Å²) in [5.41, 5.74) is 0.346. The lowest BCUT2D eigenvalue weighted by atomic mass is 10.1. The summed E-state index contributed by atoms with van der Waals surface area (Å²) in [6, 6.07) is 3.34. The van der Waals surface area contributed by atoms with Crippen molar-refractivity contribution in [1.29, 1.82) is 0 Å². The van der Waals surface area contributed by atoms with Crippen molar-refractivity contribution < 1.29 is 18.4 Å². The molecule has 0 unspecified atom stereocenters. The Morgan fingerprint density at radius 2 is 1.94 bits per heavy atom. The van der Waals surface area contributed by atoms with Gasteiger partial charge in [0.1, 0.15) is 17.4 Å². The van der Waals surface area contributed by atoms with E-state index >= 15 is 0 Å². The number of carbonyl (C=O) groups excluding carboxylic acids is 2. The van der Waals surface area contributed by atoms with E-state index in [1.165, 1.54) is 24.0 Å². The van der Waals surface area contributed by atoms with Crippen LogP contribution in [-0.2, 0) is 16.0 Å². The van der Waals surface area contributed by atoms with Gasteiger partial charge in [0.2, 0.25) is 5.91 Å². The van der Waals surface area contributed by atoms with E-state index in [2.05, 4.69) is 0 Å². The summed E-state index contributed by atoms with van der Waals surface area (Å²) in [6.45, 7) is 1.63. The molecule has 1 rings (SSSR count). The topological polar surface area (TPSA) is 37.4 Å². The number of ketones is 1. The van der Waals surface area contributed by atoms with Crippen molar-refractivity contribution in [2.24, 2.45) is 0 Å². The Bertz CT molecular complexity index is 460. The van der Waals surface area contributed by atoms with Crippen molar-refractivity contribution in [1.82, 2.24) is 4.90 Å². The van der Waals surface area contributed by atoms with Gasteiger partial charge in [0, 0.05) is 19.7 Å². The second-order valence-corrected chi connectivity index (χ2v) is 4.18. The van der Waals surface area contributed by atoms with Gasteiger partial charge in [-0.1, -0.05) is 6.07 Å². The summed E-state index contributed by atoms with van der Waals surface area (Å²) in [5, 5.41) is 0. The summed E-state index contributed by atoms with van der Waals surface area (Å²) in [4.78, 5) is 23.6. The molecule has 0 atom stereocenters. The highest BCUT2D eigenvalue weighted by Crippen LogP contribution is 2.10. The second-order valence-electron chi connectivity index (χ2n) is 4.18. The molecule has 0 aromatic heterocycles. The molecule has 0 N–H and O–H groups in total.